The predicted molar refractivity (Wildman–Crippen MR) is 87.1 cm³/mol. The fourth-order valence-electron chi connectivity index (χ4n) is 2.95. The number of hydrogen-bond acceptors (Lipinski definition) is 5. The first-order valence-electron chi connectivity index (χ1n) is 6.79. The Morgan fingerprint density at radius 1 is 1.25 bits per heavy atom. The number of para-hydroxylation sites is 1. The molecule has 0 radical (unpaired) electrons. The van der Waals surface area contributed by atoms with Gasteiger partial charge in [0.1, 0.15) is 0 Å². The number of anilines is 1. The summed E-state index contributed by atoms with van der Waals surface area (Å²) in [7, 11) is 0. The van der Waals surface area contributed by atoms with Crippen LogP contribution in [0.1, 0.15) is 12.8 Å². The van der Waals surface area contributed by atoms with Crippen molar-refractivity contribution in [3.05, 3.63) is 24.3 Å². The minimum Gasteiger partial charge on any atom is -0.298 e. The number of nitrogens with zero attached hydrogens (tertiary/aromatic N) is 3. The van der Waals surface area contributed by atoms with E-state index in [2.05, 4.69) is 26.5 Å². The summed E-state index contributed by atoms with van der Waals surface area (Å²) in [6, 6.07) is 8.20. The molecule has 0 atom stereocenters. The van der Waals surface area contributed by atoms with Crippen molar-refractivity contribution in [2.24, 2.45) is 11.0 Å². The molecule has 4 nitrogen and oxygen atoms in total. The van der Waals surface area contributed by atoms with Crippen LogP contribution >= 0.6 is 23.7 Å². The average Bonchev–Trinajstić information content (AvgIpc) is 2.89. The summed E-state index contributed by atoms with van der Waals surface area (Å²) in [6.07, 6.45) is 2.53. The molecule has 0 unspecified atom stereocenters. The Balaban J connectivity index is 0.00000121. The Hall–Kier alpha value is -1.17. The van der Waals surface area contributed by atoms with Crippen LogP contribution in [0, 0.1) is 5.92 Å². The summed E-state index contributed by atoms with van der Waals surface area (Å²) in [5, 5.41) is 5.50. The fraction of sp³-hybridized carbons (Fsp3) is 0.429. The Morgan fingerprint density at radius 2 is 2.05 bits per heavy atom. The minimum atomic E-state index is 0. The number of hydrogen-bond donors (Lipinski definition) is 1. The van der Waals surface area contributed by atoms with Gasteiger partial charge in [-0.15, -0.1) is 12.4 Å². The lowest BCUT2D eigenvalue weighted by molar-refractivity contribution is 0.200. The van der Waals surface area contributed by atoms with Crippen molar-refractivity contribution < 1.29 is 0 Å². The van der Waals surface area contributed by atoms with Gasteiger partial charge in [-0.2, -0.15) is 5.10 Å². The number of halogens is 1. The molecule has 6 heteroatoms. The third-order valence-corrected chi connectivity index (χ3v) is 4.97. The van der Waals surface area contributed by atoms with Crippen LogP contribution in [0.3, 0.4) is 0 Å². The molecule has 5 rings (SSSR count). The van der Waals surface area contributed by atoms with E-state index in [9.17, 15) is 0 Å². The van der Waals surface area contributed by atoms with Crippen molar-refractivity contribution in [2.45, 2.75) is 12.8 Å². The number of rotatable bonds is 2. The van der Waals surface area contributed by atoms with Crippen LogP contribution in [0.15, 0.2) is 29.4 Å². The van der Waals surface area contributed by atoms with Gasteiger partial charge in [0, 0.05) is 12.5 Å². The van der Waals surface area contributed by atoms with Gasteiger partial charge in [0.05, 0.1) is 15.9 Å². The van der Waals surface area contributed by atoms with Gasteiger partial charge in [0.25, 0.3) is 0 Å². The topological polar surface area (TPSA) is 40.5 Å². The summed E-state index contributed by atoms with van der Waals surface area (Å²) in [5.74, 6) is 0.687. The molecule has 20 heavy (non-hydrogen) atoms. The maximum absolute atomic E-state index is 4.60. The summed E-state index contributed by atoms with van der Waals surface area (Å²) < 4.78 is 1.21. The van der Waals surface area contributed by atoms with Crippen molar-refractivity contribution in [2.75, 3.05) is 25.1 Å². The average molecular weight is 309 g/mol. The quantitative estimate of drug-likeness (QED) is 0.866. The van der Waals surface area contributed by atoms with E-state index in [0.29, 0.717) is 5.92 Å². The van der Waals surface area contributed by atoms with E-state index in [-0.39, 0.29) is 12.4 Å². The van der Waals surface area contributed by atoms with Gasteiger partial charge in [-0.25, -0.2) is 4.98 Å². The highest BCUT2D eigenvalue weighted by molar-refractivity contribution is 7.22. The molecule has 1 aromatic heterocycles. The van der Waals surface area contributed by atoms with E-state index in [1.165, 1.54) is 36.3 Å². The van der Waals surface area contributed by atoms with E-state index in [1.807, 2.05) is 18.2 Å². The van der Waals surface area contributed by atoms with Gasteiger partial charge in [-0.3, -0.25) is 10.3 Å². The normalized spacial score (nSPS) is 26.7. The second-order valence-electron chi connectivity index (χ2n) is 5.25. The van der Waals surface area contributed by atoms with Gasteiger partial charge in [-0.1, -0.05) is 23.5 Å². The lowest BCUT2D eigenvalue weighted by Gasteiger charge is -2.39. The Morgan fingerprint density at radius 3 is 2.75 bits per heavy atom. The van der Waals surface area contributed by atoms with Crippen molar-refractivity contribution in [1.29, 1.82) is 0 Å². The number of hydrazone groups is 1. The van der Waals surface area contributed by atoms with Crippen molar-refractivity contribution in [3.63, 3.8) is 0 Å². The number of piperidine rings is 3. The van der Waals surface area contributed by atoms with E-state index < -0.39 is 0 Å². The number of benzene rings is 1. The maximum atomic E-state index is 4.60. The molecule has 2 aromatic rings. The van der Waals surface area contributed by atoms with Gasteiger partial charge >= 0.3 is 0 Å². The molecular formula is C14H17ClN4S. The number of thiazole rings is 1. The molecule has 1 N–H and O–H groups in total. The fourth-order valence-corrected chi connectivity index (χ4v) is 3.76. The lowest BCUT2D eigenvalue weighted by Crippen LogP contribution is -2.48. The molecule has 1 aromatic carbocycles. The highest BCUT2D eigenvalue weighted by Gasteiger charge is 2.30. The van der Waals surface area contributed by atoms with E-state index in [1.54, 1.807) is 11.3 Å². The predicted octanol–water partition coefficient (Wildman–Crippen LogP) is 3.21. The van der Waals surface area contributed by atoms with Gasteiger partial charge in [0.15, 0.2) is 0 Å². The molecule has 3 fully saturated rings. The molecule has 106 valence electrons. The SMILES string of the molecule is Cl.c1ccc2sc(N/N=C3/CN4CCC3CC4)nc2c1. The number of aromatic nitrogens is 1. The van der Waals surface area contributed by atoms with Crippen molar-refractivity contribution in [1.82, 2.24) is 9.88 Å². The lowest BCUT2D eigenvalue weighted by atomic mass is 9.87. The highest BCUT2D eigenvalue weighted by atomic mass is 35.5. The number of nitrogens with one attached hydrogen (secondary N) is 1. The summed E-state index contributed by atoms with van der Waals surface area (Å²) in [6.45, 7) is 3.51. The molecule has 3 saturated heterocycles. The zero-order valence-electron chi connectivity index (χ0n) is 11.1. The van der Waals surface area contributed by atoms with Gasteiger partial charge in [0.2, 0.25) is 5.13 Å². The smallest absolute Gasteiger partial charge is 0.204 e. The highest BCUT2D eigenvalue weighted by Crippen LogP contribution is 2.27. The van der Waals surface area contributed by atoms with E-state index >= 15 is 0 Å². The zero-order chi connectivity index (χ0) is 12.7. The first kappa shape index (κ1) is 13.8. The minimum absolute atomic E-state index is 0. The van der Waals surface area contributed by atoms with Crippen LogP contribution in [-0.4, -0.2) is 35.2 Å². The standard InChI is InChI=1S/C14H16N4S.ClH/c1-2-4-13-11(3-1)15-14(19-13)17-16-12-9-18-7-5-10(12)6-8-18;/h1-4,10H,5-9H2,(H,15,17);1H/b16-12-;. The molecule has 0 spiro atoms. The number of fused-ring (bicyclic) bond motifs is 4. The Kier molecular flexibility index (Phi) is 3.92. The maximum Gasteiger partial charge on any atom is 0.204 e. The molecule has 3 aliphatic heterocycles. The van der Waals surface area contributed by atoms with Crippen molar-refractivity contribution in [3.8, 4) is 0 Å². The van der Waals surface area contributed by atoms with Gasteiger partial charge < -0.3 is 0 Å². The third kappa shape index (κ3) is 2.53. The van der Waals surface area contributed by atoms with Crippen LogP contribution in [0.2, 0.25) is 0 Å². The molecule has 0 aliphatic carbocycles. The molecule has 2 bridgehead atoms. The largest absolute Gasteiger partial charge is 0.298 e. The second kappa shape index (κ2) is 5.68. The van der Waals surface area contributed by atoms with E-state index in [4.69, 9.17) is 0 Å². The van der Waals surface area contributed by atoms with Crippen molar-refractivity contribution >= 4 is 44.8 Å². The van der Waals surface area contributed by atoms with Gasteiger partial charge in [-0.05, 0) is 38.1 Å². The molecular weight excluding hydrogens is 292 g/mol. The van der Waals surface area contributed by atoms with Crippen LogP contribution in [0.5, 0.6) is 0 Å². The second-order valence-corrected chi connectivity index (χ2v) is 6.28. The third-order valence-electron chi connectivity index (χ3n) is 4.03. The molecule has 0 saturated carbocycles. The summed E-state index contributed by atoms with van der Waals surface area (Å²) in [5.41, 5.74) is 5.51. The molecule has 3 aliphatic rings. The Labute approximate surface area is 128 Å². The zero-order valence-corrected chi connectivity index (χ0v) is 12.7. The molecule has 4 heterocycles. The van der Waals surface area contributed by atoms with Crippen LogP contribution < -0.4 is 5.43 Å². The van der Waals surface area contributed by atoms with Crippen LogP contribution in [0.25, 0.3) is 10.2 Å². The monoisotopic (exact) mass is 308 g/mol. The molecule has 0 amide bonds. The van der Waals surface area contributed by atoms with E-state index in [0.717, 1.165) is 17.2 Å². The Bertz CT molecular complexity index is 598. The summed E-state index contributed by atoms with van der Waals surface area (Å²) >= 11 is 1.66. The van der Waals surface area contributed by atoms with Crippen LogP contribution in [-0.2, 0) is 0 Å². The first-order chi connectivity index (χ1) is 9.38. The first-order valence-corrected chi connectivity index (χ1v) is 7.60. The summed E-state index contributed by atoms with van der Waals surface area (Å²) in [4.78, 5) is 7.03. The van der Waals surface area contributed by atoms with Crippen LogP contribution in [0.4, 0.5) is 5.13 Å².